The van der Waals surface area contributed by atoms with Crippen molar-refractivity contribution in [1.82, 2.24) is 4.90 Å². The highest BCUT2D eigenvalue weighted by atomic mass is 32.1. The summed E-state index contributed by atoms with van der Waals surface area (Å²) in [5.74, 6) is 0.368. The van der Waals surface area contributed by atoms with Gasteiger partial charge in [0, 0.05) is 19.0 Å². The number of hydrogen-bond acceptors (Lipinski definition) is 4. The molecule has 0 bridgehead atoms. The molecule has 1 aromatic heterocycles. The second-order valence-electron chi connectivity index (χ2n) is 3.89. The predicted molar refractivity (Wildman–Crippen MR) is 67.8 cm³/mol. The van der Waals surface area contributed by atoms with Gasteiger partial charge in [-0.1, -0.05) is 19.0 Å². The van der Waals surface area contributed by atoms with Crippen molar-refractivity contribution in [2.24, 2.45) is 16.8 Å². The first-order valence-electron chi connectivity index (χ1n) is 5.38. The highest BCUT2D eigenvalue weighted by molar-refractivity contribution is 7.07. The molecule has 0 aromatic carbocycles. The molecule has 5 heteroatoms. The monoisotopic (exact) mass is 241 g/mol. The van der Waals surface area contributed by atoms with Crippen LogP contribution in [-0.2, 0) is 6.54 Å². The first kappa shape index (κ1) is 13.0. The maximum atomic E-state index is 8.59. The summed E-state index contributed by atoms with van der Waals surface area (Å²) in [6.45, 7) is 6.76. The number of oxime groups is 1. The maximum Gasteiger partial charge on any atom is 0.143 e. The molecule has 1 rings (SSSR count). The molecule has 3 N–H and O–H groups in total. The topological polar surface area (TPSA) is 61.8 Å². The van der Waals surface area contributed by atoms with Crippen LogP contribution in [0.4, 0.5) is 0 Å². The fraction of sp³-hybridized carbons (Fsp3) is 0.545. The molecule has 0 spiro atoms. The van der Waals surface area contributed by atoms with Crippen molar-refractivity contribution in [3.05, 3.63) is 22.4 Å². The Hall–Kier alpha value is -1.07. The van der Waals surface area contributed by atoms with Gasteiger partial charge >= 0.3 is 0 Å². The number of hydrogen-bond donors (Lipinski definition) is 2. The average Bonchev–Trinajstić information content (AvgIpc) is 2.79. The van der Waals surface area contributed by atoms with Crippen LogP contribution in [0, 0.1) is 5.92 Å². The summed E-state index contributed by atoms with van der Waals surface area (Å²) >= 11 is 1.71. The molecule has 0 amide bonds. The lowest BCUT2D eigenvalue weighted by molar-refractivity contribution is 0.258. The number of rotatable bonds is 6. The highest BCUT2D eigenvalue weighted by Gasteiger charge is 2.12. The minimum atomic E-state index is 0.0728. The van der Waals surface area contributed by atoms with E-state index in [-0.39, 0.29) is 5.92 Å². The third-order valence-corrected chi connectivity index (χ3v) is 3.32. The quantitative estimate of drug-likeness (QED) is 0.346. The molecule has 1 atom stereocenters. The van der Waals surface area contributed by atoms with Gasteiger partial charge < -0.3 is 10.9 Å². The van der Waals surface area contributed by atoms with Crippen molar-refractivity contribution in [3.63, 3.8) is 0 Å². The summed E-state index contributed by atoms with van der Waals surface area (Å²) in [6, 6.07) is 2.13. The highest BCUT2D eigenvalue weighted by Crippen LogP contribution is 2.10. The van der Waals surface area contributed by atoms with Crippen molar-refractivity contribution >= 4 is 17.2 Å². The third-order valence-electron chi connectivity index (χ3n) is 2.59. The summed E-state index contributed by atoms with van der Waals surface area (Å²) in [4.78, 5) is 2.28. The van der Waals surface area contributed by atoms with Gasteiger partial charge in [0.1, 0.15) is 5.84 Å². The van der Waals surface area contributed by atoms with Crippen molar-refractivity contribution in [2.75, 3.05) is 13.1 Å². The second-order valence-corrected chi connectivity index (χ2v) is 4.67. The van der Waals surface area contributed by atoms with Crippen LogP contribution in [0.15, 0.2) is 22.0 Å². The van der Waals surface area contributed by atoms with E-state index < -0.39 is 0 Å². The Bertz CT molecular complexity index is 324. The molecule has 0 radical (unpaired) electrons. The Labute approximate surface area is 100 Å². The lowest BCUT2D eigenvalue weighted by atomic mass is 10.1. The van der Waals surface area contributed by atoms with Crippen LogP contribution in [0.5, 0.6) is 0 Å². The van der Waals surface area contributed by atoms with Gasteiger partial charge in [0.15, 0.2) is 0 Å². The zero-order valence-electron chi connectivity index (χ0n) is 9.76. The maximum absolute atomic E-state index is 8.59. The molecule has 0 fully saturated rings. The van der Waals surface area contributed by atoms with Gasteiger partial charge in [0.05, 0.1) is 0 Å². The van der Waals surface area contributed by atoms with Crippen LogP contribution in [0.1, 0.15) is 19.4 Å². The molecule has 4 nitrogen and oxygen atoms in total. The normalized spacial score (nSPS) is 14.3. The van der Waals surface area contributed by atoms with Gasteiger partial charge in [-0.05, 0) is 28.9 Å². The minimum Gasteiger partial charge on any atom is -0.409 e. The fourth-order valence-corrected chi connectivity index (χ4v) is 2.19. The van der Waals surface area contributed by atoms with Crippen LogP contribution in [-0.4, -0.2) is 29.0 Å². The van der Waals surface area contributed by atoms with Crippen molar-refractivity contribution < 1.29 is 5.21 Å². The summed E-state index contributed by atoms with van der Waals surface area (Å²) < 4.78 is 0. The van der Waals surface area contributed by atoms with E-state index in [1.807, 2.05) is 6.92 Å². The number of thiophene rings is 1. The number of nitrogens with zero attached hydrogens (tertiary/aromatic N) is 2. The van der Waals surface area contributed by atoms with Crippen LogP contribution < -0.4 is 5.73 Å². The van der Waals surface area contributed by atoms with E-state index in [2.05, 4.69) is 33.8 Å². The van der Waals surface area contributed by atoms with E-state index in [0.717, 1.165) is 19.6 Å². The molecule has 1 unspecified atom stereocenters. The van der Waals surface area contributed by atoms with Crippen molar-refractivity contribution in [1.29, 1.82) is 0 Å². The SMILES string of the molecule is CCN(Cc1ccsc1)CC(C)C(N)=NO. The molecular formula is C11H19N3OS. The summed E-state index contributed by atoms with van der Waals surface area (Å²) in [7, 11) is 0. The molecule has 1 aromatic rings. The molecule has 0 aliphatic carbocycles. The first-order chi connectivity index (χ1) is 7.67. The molecule has 0 saturated carbocycles. The van der Waals surface area contributed by atoms with Crippen molar-refractivity contribution in [3.8, 4) is 0 Å². The first-order valence-corrected chi connectivity index (χ1v) is 6.32. The van der Waals surface area contributed by atoms with Gasteiger partial charge in [-0.15, -0.1) is 0 Å². The Morgan fingerprint density at radius 3 is 2.94 bits per heavy atom. The van der Waals surface area contributed by atoms with Gasteiger partial charge in [0.25, 0.3) is 0 Å². The molecule has 0 aliphatic rings. The zero-order valence-corrected chi connectivity index (χ0v) is 10.6. The van der Waals surface area contributed by atoms with E-state index in [0.29, 0.717) is 5.84 Å². The van der Waals surface area contributed by atoms with Gasteiger partial charge in [0.2, 0.25) is 0 Å². The van der Waals surface area contributed by atoms with E-state index in [4.69, 9.17) is 10.9 Å². The smallest absolute Gasteiger partial charge is 0.143 e. The Kier molecular flexibility index (Phi) is 5.28. The molecule has 0 aliphatic heterocycles. The van der Waals surface area contributed by atoms with Crippen LogP contribution >= 0.6 is 11.3 Å². The number of nitrogens with two attached hydrogens (primary N) is 1. The Morgan fingerprint density at radius 1 is 1.69 bits per heavy atom. The van der Waals surface area contributed by atoms with E-state index >= 15 is 0 Å². The van der Waals surface area contributed by atoms with E-state index in [1.54, 1.807) is 11.3 Å². The summed E-state index contributed by atoms with van der Waals surface area (Å²) in [5, 5.41) is 15.9. The average molecular weight is 241 g/mol. The Balaban J connectivity index is 2.49. The second kappa shape index (κ2) is 6.50. The minimum absolute atomic E-state index is 0.0728. The summed E-state index contributed by atoms with van der Waals surface area (Å²) in [5.41, 5.74) is 6.89. The lowest BCUT2D eigenvalue weighted by Gasteiger charge is -2.23. The lowest BCUT2D eigenvalue weighted by Crippen LogP contribution is -2.34. The van der Waals surface area contributed by atoms with Gasteiger partial charge in [-0.2, -0.15) is 11.3 Å². The Morgan fingerprint density at radius 2 is 2.44 bits per heavy atom. The third kappa shape index (κ3) is 3.83. The summed E-state index contributed by atoms with van der Waals surface area (Å²) in [6.07, 6.45) is 0. The molecule has 16 heavy (non-hydrogen) atoms. The fourth-order valence-electron chi connectivity index (χ4n) is 1.53. The molecule has 1 heterocycles. The predicted octanol–water partition coefficient (Wildman–Crippen LogP) is 1.95. The number of amidine groups is 1. The largest absolute Gasteiger partial charge is 0.409 e. The van der Waals surface area contributed by atoms with Gasteiger partial charge in [-0.25, -0.2) is 0 Å². The van der Waals surface area contributed by atoms with E-state index in [9.17, 15) is 0 Å². The van der Waals surface area contributed by atoms with E-state index in [1.165, 1.54) is 5.56 Å². The van der Waals surface area contributed by atoms with Crippen LogP contribution in [0.25, 0.3) is 0 Å². The van der Waals surface area contributed by atoms with Crippen LogP contribution in [0.2, 0.25) is 0 Å². The molecular weight excluding hydrogens is 222 g/mol. The zero-order chi connectivity index (χ0) is 12.0. The molecule has 0 saturated heterocycles. The van der Waals surface area contributed by atoms with Gasteiger partial charge in [-0.3, -0.25) is 4.90 Å². The standard InChI is InChI=1S/C11H19N3OS/c1-3-14(6-9(2)11(12)13-15)7-10-4-5-16-8-10/h4-5,8-9,15H,3,6-7H2,1-2H3,(H2,12,13). The van der Waals surface area contributed by atoms with Crippen LogP contribution in [0.3, 0.4) is 0 Å². The van der Waals surface area contributed by atoms with Crippen molar-refractivity contribution in [2.45, 2.75) is 20.4 Å². The molecule has 90 valence electrons.